The molecule has 0 atom stereocenters. The second kappa shape index (κ2) is 5.80. The summed E-state index contributed by atoms with van der Waals surface area (Å²) >= 11 is 0. The number of nitrogens with zero attached hydrogens (tertiary/aromatic N) is 2. The van der Waals surface area contributed by atoms with Gasteiger partial charge in [-0.25, -0.2) is 0 Å². The molecular weight excluding hydrogens is 220 g/mol. The highest BCUT2D eigenvalue weighted by atomic mass is 16.4. The molecular formula is C12H18N2O3. The van der Waals surface area contributed by atoms with E-state index < -0.39 is 5.97 Å². The van der Waals surface area contributed by atoms with Crippen molar-refractivity contribution >= 4 is 5.97 Å². The first-order valence-corrected chi connectivity index (χ1v) is 6.27. The van der Waals surface area contributed by atoms with Crippen LogP contribution in [-0.4, -0.2) is 21.3 Å². The summed E-state index contributed by atoms with van der Waals surface area (Å²) in [7, 11) is 0. The average Bonchev–Trinajstić information content (AvgIpc) is 2.95. The average molecular weight is 238 g/mol. The van der Waals surface area contributed by atoms with Gasteiger partial charge in [0, 0.05) is 12.8 Å². The number of aryl methyl sites for hydroxylation is 2. The quantitative estimate of drug-likeness (QED) is 0.822. The van der Waals surface area contributed by atoms with Crippen molar-refractivity contribution in [1.29, 1.82) is 0 Å². The molecule has 0 spiro atoms. The molecule has 0 saturated heterocycles. The topological polar surface area (TPSA) is 76.2 Å². The normalized spacial score (nSPS) is 16.5. The summed E-state index contributed by atoms with van der Waals surface area (Å²) in [5.74, 6) is 1.06. The molecule has 5 nitrogen and oxygen atoms in total. The van der Waals surface area contributed by atoms with Crippen LogP contribution in [0.4, 0.5) is 0 Å². The zero-order valence-corrected chi connectivity index (χ0v) is 9.89. The predicted octanol–water partition coefficient (Wildman–Crippen LogP) is 2.21. The number of carbonyl (C=O) groups is 1. The molecule has 1 N–H and O–H groups in total. The van der Waals surface area contributed by atoms with Crippen molar-refractivity contribution in [3.05, 3.63) is 11.8 Å². The molecule has 0 aliphatic heterocycles. The van der Waals surface area contributed by atoms with Gasteiger partial charge in [0.25, 0.3) is 0 Å². The van der Waals surface area contributed by atoms with E-state index in [1.54, 1.807) is 0 Å². The zero-order chi connectivity index (χ0) is 12.1. The van der Waals surface area contributed by atoms with Crippen LogP contribution in [-0.2, 0) is 17.6 Å². The lowest BCUT2D eigenvalue weighted by Gasteiger charge is -2.04. The van der Waals surface area contributed by atoms with Crippen LogP contribution in [0.3, 0.4) is 0 Å². The lowest BCUT2D eigenvalue weighted by molar-refractivity contribution is -0.137. The highest BCUT2D eigenvalue weighted by Crippen LogP contribution is 2.28. The smallest absolute Gasteiger partial charge is 0.303 e. The first-order chi connectivity index (χ1) is 8.24. The van der Waals surface area contributed by atoms with E-state index in [4.69, 9.17) is 9.52 Å². The Morgan fingerprint density at radius 3 is 2.53 bits per heavy atom. The molecule has 1 aliphatic carbocycles. The van der Waals surface area contributed by atoms with Crippen molar-refractivity contribution in [3.8, 4) is 0 Å². The van der Waals surface area contributed by atoms with Crippen molar-refractivity contribution in [1.82, 2.24) is 10.2 Å². The van der Waals surface area contributed by atoms with E-state index in [9.17, 15) is 4.79 Å². The fourth-order valence-corrected chi connectivity index (χ4v) is 2.33. The fraction of sp³-hybridized carbons (Fsp3) is 0.750. The SMILES string of the molecule is O=C(O)CCc1nnc(CCC2CCCC2)o1. The number of carboxylic acids is 1. The van der Waals surface area contributed by atoms with Crippen LogP contribution >= 0.6 is 0 Å². The molecule has 1 aromatic heterocycles. The number of carboxylic acid groups (broad SMARTS) is 1. The first kappa shape index (κ1) is 12.1. The Morgan fingerprint density at radius 2 is 1.88 bits per heavy atom. The molecule has 5 heteroatoms. The van der Waals surface area contributed by atoms with E-state index in [-0.39, 0.29) is 6.42 Å². The van der Waals surface area contributed by atoms with E-state index >= 15 is 0 Å². The maximum Gasteiger partial charge on any atom is 0.303 e. The van der Waals surface area contributed by atoms with E-state index in [0.29, 0.717) is 18.2 Å². The van der Waals surface area contributed by atoms with Gasteiger partial charge in [-0.05, 0) is 12.3 Å². The van der Waals surface area contributed by atoms with Crippen molar-refractivity contribution in [2.75, 3.05) is 0 Å². The predicted molar refractivity (Wildman–Crippen MR) is 60.5 cm³/mol. The number of hydrogen-bond acceptors (Lipinski definition) is 4. The molecule has 94 valence electrons. The third-order valence-corrected chi connectivity index (χ3v) is 3.30. The molecule has 17 heavy (non-hydrogen) atoms. The Kier molecular flexibility index (Phi) is 4.12. The summed E-state index contributed by atoms with van der Waals surface area (Å²) in [6.07, 6.45) is 7.64. The van der Waals surface area contributed by atoms with Crippen LogP contribution in [0, 0.1) is 5.92 Å². The molecule has 0 bridgehead atoms. The van der Waals surface area contributed by atoms with Gasteiger partial charge in [-0.3, -0.25) is 4.79 Å². The molecule has 0 radical (unpaired) electrons. The van der Waals surface area contributed by atoms with Gasteiger partial charge in [0.15, 0.2) is 0 Å². The molecule has 1 aliphatic rings. The Labute approximate surface area is 100 Å². The van der Waals surface area contributed by atoms with Crippen molar-refractivity contribution in [3.63, 3.8) is 0 Å². The lowest BCUT2D eigenvalue weighted by atomic mass is 10.0. The van der Waals surface area contributed by atoms with Gasteiger partial charge in [-0.15, -0.1) is 10.2 Å². The van der Waals surface area contributed by atoms with E-state index in [2.05, 4.69) is 10.2 Å². The molecule has 1 heterocycles. The molecule has 0 aromatic carbocycles. The van der Waals surface area contributed by atoms with Crippen molar-refractivity contribution in [2.45, 2.75) is 51.4 Å². The van der Waals surface area contributed by atoms with E-state index in [1.165, 1.54) is 25.7 Å². The highest BCUT2D eigenvalue weighted by molar-refractivity contribution is 5.66. The van der Waals surface area contributed by atoms with Crippen LogP contribution in [0.25, 0.3) is 0 Å². The van der Waals surface area contributed by atoms with Gasteiger partial charge >= 0.3 is 5.97 Å². The Morgan fingerprint density at radius 1 is 1.24 bits per heavy atom. The van der Waals surface area contributed by atoms with Crippen molar-refractivity contribution < 1.29 is 14.3 Å². The molecule has 2 rings (SSSR count). The minimum atomic E-state index is -0.837. The Balaban J connectivity index is 1.75. The lowest BCUT2D eigenvalue weighted by Crippen LogP contribution is -1.97. The van der Waals surface area contributed by atoms with Crippen LogP contribution in [0.15, 0.2) is 4.42 Å². The minimum absolute atomic E-state index is 0.0459. The number of aliphatic carboxylic acids is 1. The largest absolute Gasteiger partial charge is 0.481 e. The van der Waals surface area contributed by atoms with Gasteiger partial charge in [0.2, 0.25) is 11.8 Å². The van der Waals surface area contributed by atoms with Crippen LogP contribution < -0.4 is 0 Å². The number of rotatable bonds is 6. The van der Waals surface area contributed by atoms with E-state index in [1.807, 2.05) is 0 Å². The van der Waals surface area contributed by atoms with Gasteiger partial charge in [-0.1, -0.05) is 25.7 Å². The maximum atomic E-state index is 10.4. The zero-order valence-electron chi connectivity index (χ0n) is 9.89. The van der Waals surface area contributed by atoms with Crippen molar-refractivity contribution in [2.24, 2.45) is 5.92 Å². The van der Waals surface area contributed by atoms with Crippen LogP contribution in [0.1, 0.15) is 50.3 Å². The monoisotopic (exact) mass is 238 g/mol. The second-order valence-electron chi connectivity index (χ2n) is 4.67. The Bertz CT molecular complexity index is 370. The third kappa shape index (κ3) is 3.84. The molecule has 1 aromatic rings. The summed E-state index contributed by atoms with van der Waals surface area (Å²) < 4.78 is 5.41. The Hall–Kier alpha value is -1.39. The summed E-state index contributed by atoms with van der Waals surface area (Å²) in [5, 5.41) is 16.3. The summed E-state index contributed by atoms with van der Waals surface area (Å²) in [6, 6.07) is 0. The molecule has 0 unspecified atom stereocenters. The second-order valence-corrected chi connectivity index (χ2v) is 4.67. The molecule has 0 amide bonds. The first-order valence-electron chi connectivity index (χ1n) is 6.27. The van der Waals surface area contributed by atoms with Gasteiger partial charge in [-0.2, -0.15) is 0 Å². The van der Waals surface area contributed by atoms with Crippen LogP contribution in [0.5, 0.6) is 0 Å². The minimum Gasteiger partial charge on any atom is -0.481 e. The number of hydrogen-bond donors (Lipinski definition) is 1. The molecule has 1 saturated carbocycles. The van der Waals surface area contributed by atoms with Gasteiger partial charge in [0.1, 0.15) is 0 Å². The van der Waals surface area contributed by atoms with Crippen LogP contribution in [0.2, 0.25) is 0 Å². The van der Waals surface area contributed by atoms with E-state index in [0.717, 1.165) is 18.8 Å². The summed E-state index contributed by atoms with van der Waals surface area (Å²) in [4.78, 5) is 10.4. The molecule has 1 fully saturated rings. The van der Waals surface area contributed by atoms with Gasteiger partial charge < -0.3 is 9.52 Å². The standard InChI is InChI=1S/C12H18N2O3/c15-12(16)8-7-11-14-13-10(17-11)6-5-9-3-1-2-4-9/h9H,1-8H2,(H,15,16). The summed E-state index contributed by atoms with van der Waals surface area (Å²) in [6.45, 7) is 0. The maximum absolute atomic E-state index is 10.4. The number of aromatic nitrogens is 2. The van der Waals surface area contributed by atoms with Gasteiger partial charge in [0.05, 0.1) is 6.42 Å². The summed E-state index contributed by atoms with van der Waals surface area (Å²) in [5.41, 5.74) is 0. The fourth-order valence-electron chi connectivity index (χ4n) is 2.33. The highest BCUT2D eigenvalue weighted by Gasteiger charge is 2.16. The third-order valence-electron chi connectivity index (χ3n) is 3.30.